The molecular weight excluding hydrogens is 244 g/mol. The fraction of sp³-hybridized carbons (Fsp3) is 0.600. The number of fused-ring (bicyclic) bond motifs is 3. The minimum Gasteiger partial charge on any atom is -0.493 e. The van der Waals surface area contributed by atoms with Gasteiger partial charge in [0.05, 0.1) is 12.2 Å². The summed E-state index contributed by atoms with van der Waals surface area (Å²) >= 11 is 2.09. The summed E-state index contributed by atoms with van der Waals surface area (Å²) in [7, 11) is 0. The van der Waals surface area contributed by atoms with Gasteiger partial charge in [0, 0.05) is 16.9 Å². The highest BCUT2D eigenvalue weighted by Crippen LogP contribution is 2.51. The van der Waals surface area contributed by atoms with Crippen molar-refractivity contribution in [1.29, 1.82) is 0 Å². The number of rotatable bonds is 1. The standard InChI is InChI=1S/C15H18O2S/c16-15(8-12-2-3-13(9-15)18-12)11-1-4-14-10(7-11)5-6-17-14/h1,4,7,12-13,16H,2-3,5-6,8-9H2. The Morgan fingerprint density at radius 2 is 2.00 bits per heavy atom. The molecule has 0 amide bonds. The third-order valence-corrected chi connectivity index (χ3v) is 6.13. The van der Waals surface area contributed by atoms with Gasteiger partial charge in [0.1, 0.15) is 5.75 Å². The Kier molecular flexibility index (Phi) is 2.43. The summed E-state index contributed by atoms with van der Waals surface area (Å²) in [6.45, 7) is 0.790. The van der Waals surface area contributed by atoms with E-state index in [9.17, 15) is 5.11 Å². The molecule has 2 nitrogen and oxygen atoms in total. The van der Waals surface area contributed by atoms with Crippen molar-refractivity contribution in [2.75, 3.05) is 6.61 Å². The number of thioether (sulfide) groups is 1. The highest BCUT2D eigenvalue weighted by atomic mass is 32.2. The molecule has 0 aromatic heterocycles. The first-order valence-electron chi connectivity index (χ1n) is 6.87. The van der Waals surface area contributed by atoms with Crippen molar-refractivity contribution in [1.82, 2.24) is 0 Å². The van der Waals surface area contributed by atoms with Crippen molar-refractivity contribution < 1.29 is 9.84 Å². The van der Waals surface area contributed by atoms with E-state index in [2.05, 4.69) is 23.9 Å². The lowest BCUT2D eigenvalue weighted by Crippen LogP contribution is -2.34. The van der Waals surface area contributed by atoms with Crippen LogP contribution in [0.3, 0.4) is 0 Å². The van der Waals surface area contributed by atoms with E-state index < -0.39 is 5.60 Å². The van der Waals surface area contributed by atoms with E-state index in [0.29, 0.717) is 10.5 Å². The van der Waals surface area contributed by atoms with Crippen molar-refractivity contribution in [2.45, 2.75) is 48.2 Å². The molecule has 0 radical (unpaired) electrons. The van der Waals surface area contributed by atoms with Crippen molar-refractivity contribution in [3.05, 3.63) is 29.3 Å². The SMILES string of the molecule is OC1(c2ccc3c(c2)CCO3)CC2CCC(C1)S2. The highest BCUT2D eigenvalue weighted by molar-refractivity contribution is 8.00. The molecule has 2 unspecified atom stereocenters. The first kappa shape index (κ1) is 11.2. The molecule has 3 aliphatic heterocycles. The second kappa shape index (κ2) is 3.91. The van der Waals surface area contributed by atoms with Crippen LogP contribution in [-0.4, -0.2) is 22.2 Å². The molecule has 3 heterocycles. The molecule has 2 atom stereocenters. The third kappa shape index (κ3) is 1.68. The van der Waals surface area contributed by atoms with E-state index in [4.69, 9.17) is 4.74 Å². The summed E-state index contributed by atoms with van der Waals surface area (Å²) < 4.78 is 5.54. The second-order valence-electron chi connectivity index (χ2n) is 5.82. The normalized spacial score (nSPS) is 37.4. The average molecular weight is 262 g/mol. The van der Waals surface area contributed by atoms with Crippen LogP contribution in [-0.2, 0) is 12.0 Å². The number of hydrogen-bond donors (Lipinski definition) is 1. The van der Waals surface area contributed by atoms with Crippen LogP contribution < -0.4 is 4.74 Å². The predicted molar refractivity (Wildman–Crippen MR) is 73.2 cm³/mol. The van der Waals surface area contributed by atoms with Gasteiger partial charge in [-0.2, -0.15) is 11.8 Å². The van der Waals surface area contributed by atoms with Gasteiger partial charge in [0.25, 0.3) is 0 Å². The Balaban J connectivity index is 1.69. The molecule has 1 aromatic rings. The summed E-state index contributed by atoms with van der Waals surface area (Å²) in [5.74, 6) is 1.01. The molecular formula is C15H18O2S. The van der Waals surface area contributed by atoms with Crippen LogP contribution in [0.1, 0.15) is 36.8 Å². The number of hydrogen-bond acceptors (Lipinski definition) is 3. The average Bonchev–Trinajstić information content (AvgIpc) is 2.95. The Hall–Kier alpha value is -0.670. The lowest BCUT2D eigenvalue weighted by Gasteiger charge is -2.36. The Morgan fingerprint density at radius 3 is 2.78 bits per heavy atom. The van der Waals surface area contributed by atoms with E-state index >= 15 is 0 Å². The maximum absolute atomic E-state index is 11.0. The summed E-state index contributed by atoms with van der Waals surface area (Å²) in [6, 6.07) is 6.29. The van der Waals surface area contributed by atoms with Gasteiger partial charge in [-0.15, -0.1) is 0 Å². The van der Waals surface area contributed by atoms with Crippen LogP contribution >= 0.6 is 11.8 Å². The highest BCUT2D eigenvalue weighted by Gasteiger charge is 2.44. The van der Waals surface area contributed by atoms with Crippen LogP contribution in [0.5, 0.6) is 5.75 Å². The summed E-state index contributed by atoms with van der Waals surface area (Å²) in [5, 5.41) is 12.3. The molecule has 2 fully saturated rings. The second-order valence-corrected chi connectivity index (χ2v) is 7.42. The van der Waals surface area contributed by atoms with Crippen LogP contribution in [0.2, 0.25) is 0 Å². The maximum atomic E-state index is 11.0. The van der Waals surface area contributed by atoms with Crippen molar-refractivity contribution in [3.63, 3.8) is 0 Å². The van der Waals surface area contributed by atoms with Gasteiger partial charge in [-0.1, -0.05) is 6.07 Å². The zero-order chi connectivity index (χ0) is 12.2. The van der Waals surface area contributed by atoms with Crippen LogP contribution in [0.4, 0.5) is 0 Å². The van der Waals surface area contributed by atoms with Gasteiger partial charge >= 0.3 is 0 Å². The van der Waals surface area contributed by atoms with Gasteiger partial charge in [-0.25, -0.2) is 0 Å². The third-order valence-electron chi connectivity index (χ3n) is 4.55. The van der Waals surface area contributed by atoms with Crippen molar-refractivity contribution >= 4 is 11.8 Å². The Bertz CT molecular complexity index is 473. The minimum atomic E-state index is -0.589. The van der Waals surface area contributed by atoms with Crippen LogP contribution in [0.15, 0.2) is 18.2 Å². The van der Waals surface area contributed by atoms with Gasteiger partial charge in [-0.3, -0.25) is 0 Å². The summed E-state index contributed by atoms with van der Waals surface area (Å²) in [4.78, 5) is 0. The molecule has 1 aromatic carbocycles. The van der Waals surface area contributed by atoms with Gasteiger partial charge in [-0.05, 0) is 48.9 Å². The predicted octanol–water partition coefficient (Wildman–Crippen LogP) is 2.87. The molecule has 0 spiro atoms. The Labute approximate surface area is 112 Å². The van der Waals surface area contributed by atoms with Gasteiger partial charge in [0.2, 0.25) is 0 Å². The smallest absolute Gasteiger partial charge is 0.122 e. The zero-order valence-electron chi connectivity index (χ0n) is 10.4. The monoisotopic (exact) mass is 262 g/mol. The lowest BCUT2D eigenvalue weighted by atomic mass is 9.85. The first-order valence-corrected chi connectivity index (χ1v) is 7.81. The molecule has 3 heteroatoms. The fourth-order valence-electron chi connectivity index (χ4n) is 3.63. The maximum Gasteiger partial charge on any atom is 0.122 e. The number of ether oxygens (including phenoxy) is 1. The molecule has 2 bridgehead atoms. The molecule has 96 valence electrons. The van der Waals surface area contributed by atoms with Crippen molar-refractivity contribution in [3.8, 4) is 5.75 Å². The van der Waals surface area contributed by atoms with E-state index in [0.717, 1.165) is 37.2 Å². The zero-order valence-corrected chi connectivity index (χ0v) is 11.2. The van der Waals surface area contributed by atoms with Crippen LogP contribution in [0.25, 0.3) is 0 Å². The van der Waals surface area contributed by atoms with E-state index in [1.165, 1.54) is 18.4 Å². The topological polar surface area (TPSA) is 29.5 Å². The summed E-state index contributed by atoms with van der Waals surface area (Å²) in [5.41, 5.74) is 1.80. The molecule has 1 N–H and O–H groups in total. The first-order chi connectivity index (χ1) is 8.73. The molecule has 4 rings (SSSR count). The minimum absolute atomic E-state index is 0.589. The van der Waals surface area contributed by atoms with E-state index in [1.54, 1.807) is 0 Å². The van der Waals surface area contributed by atoms with Gasteiger partial charge < -0.3 is 9.84 Å². The number of benzene rings is 1. The molecule has 18 heavy (non-hydrogen) atoms. The largest absolute Gasteiger partial charge is 0.493 e. The number of aliphatic hydroxyl groups is 1. The molecule has 0 aliphatic carbocycles. The molecule has 2 saturated heterocycles. The van der Waals surface area contributed by atoms with E-state index in [-0.39, 0.29) is 0 Å². The quantitative estimate of drug-likeness (QED) is 0.844. The lowest BCUT2D eigenvalue weighted by molar-refractivity contribution is 0.0196. The summed E-state index contributed by atoms with van der Waals surface area (Å²) in [6.07, 6.45) is 5.40. The Morgan fingerprint density at radius 1 is 1.22 bits per heavy atom. The van der Waals surface area contributed by atoms with Gasteiger partial charge in [0.15, 0.2) is 0 Å². The van der Waals surface area contributed by atoms with Crippen LogP contribution in [0, 0.1) is 0 Å². The molecule has 0 saturated carbocycles. The van der Waals surface area contributed by atoms with E-state index in [1.807, 2.05) is 6.07 Å². The fourth-order valence-corrected chi connectivity index (χ4v) is 5.46. The molecule has 3 aliphatic rings. The van der Waals surface area contributed by atoms with Crippen molar-refractivity contribution in [2.24, 2.45) is 0 Å².